The summed E-state index contributed by atoms with van der Waals surface area (Å²) < 4.78 is 4.88. The molecule has 0 spiro atoms. The van der Waals surface area contributed by atoms with E-state index in [0.717, 1.165) is 6.26 Å². The largest absolute Gasteiger partial charge is 0.478 e. The van der Waals surface area contributed by atoms with E-state index in [0.29, 0.717) is 0 Å². The van der Waals surface area contributed by atoms with Crippen molar-refractivity contribution < 1.29 is 14.6 Å². The number of hydrogen-bond donors (Lipinski definition) is 1. The van der Waals surface area contributed by atoms with Gasteiger partial charge in [-0.2, -0.15) is 0 Å². The monoisotopic (exact) mass is 232 g/mol. The number of carboxylic acids is 1. The van der Waals surface area contributed by atoms with Crippen LogP contribution in [-0.2, 0) is 0 Å². The Kier molecular flexibility index (Phi) is 3.38. The van der Waals surface area contributed by atoms with Crippen molar-refractivity contribution >= 4 is 29.2 Å². The molecule has 5 heteroatoms. The first-order chi connectivity index (χ1) is 6.56. The smallest absolute Gasteiger partial charge is 0.339 e. The second-order valence-electron chi connectivity index (χ2n) is 2.35. The number of ether oxygens (including phenoxy) is 1. The Labute approximate surface area is 90.5 Å². The van der Waals surface area contributed by atoms with Crippen molar-refractivity contribution in [1.82, 2.24) is 0 Å². The topological polar surface area (TPSA) is 46.5 Å². The van der Waals surface area contributed by atoms with E-state index in [1.807, 2.05) is 0 Å². The first kappa shape index (κ1) is 10.9. The molecule has 0 heterocycles. The van der Waals surface area contributed by atoms with E-state index in [-0.39, 0.29) is 21.4 Å². The molecule has 0 saturated heterocycles. The molecule has 0 atom stereocenters. The van der Waals surface area contributed by atoms with Gasteiger partial charge < -0.3 is 9.84 Å². The third-order valence-corrected chi connectivity index (χ3v) is 1.94. The van der Waals surface area contributed by atoms with Crippen LogP contribution < -0.4 is 4.74 Å². The third kappa shape index (κ3) is 2.19. The number of aromatic carboxylic acids is 1. The summed E-state index contributed by atoms with van der Waals surface area (Å²) in [5.41, 5.74) is -0.0950. The Balaban J connectivity index is 3.35. The molecule has 1 aromatic carbocycles. The molecule has 1 N–H and O–H groups in total. The van der Waals surface area contributed by atoms with Crippen LogP contribution in [0.5, 0.6) is 5.75 Å². The number of rotatable bonds is 3. The highest BCUT2D eigenvalue weighted by Gasteiger charge is 2.15. The zero-order chi connectivity index (χ0) is 10.7. The summed E-state index contributed by atoms with van der Waals surface area (Å²) in [5.74, 6) is -1.12. The highest BCUT2D eigenvalue weighted by Crippen LogP contribution is 2.32. The number of benzene rings is 1. The lowest BCUT2D eigenvalue weighted by Crippen LogP contribution is -2.00. The molecule has 0 aromatic heterocycles. The maximum Gasteiger partial charge on any atom is 0.339 e. The van der Waals surface area contributed by atoms with E-state index < -0.39 is 5.97 Å². The van der Waals surface area contributed by atoms with Gasteiger partial charge in [0.1, 0.15) is 5.56 Å². The van der Waals surface area contributed by atoms with Crippen molar-refractivity contribution in [1.29, 1.82) is 0 Å². The summed E-state index contributed by atoms with van der Waals surface area (Å²) in [6.07, 6.45) is 1.10. The van der Waals surface area contributed by atoms with Crippen molar-refractivity contribution in [2.24, 2.45) is 0 Å². The van der Waals surface area contributed by atoms with E-state index in [9.17, 15) is 4.79 Å². The average Bonchev–Trinajstić information content (AvgIpc) is 2.09. The zero-order valence-electron chi connectivity index (χ0n) is 6.96. The molecule has 0 unspecified atom stereocenters. The van der Waals surface area contributed by atoms with Gasteiger partial charge in [-0.15, -0.1) is 0 Å². The normalized spacial score (nSPS) is 9.57. The average molecular weight is 233 g/mol. The highest BCUT2D eigenvalue weighted by molar-refractivity contribution is 6.36. The molecule has 0 radical (unpaired) electrons. The van der Waals surface area contributed by atoms with Crippen LogP contribution in [0.15, 0.2) is 25.0 Å². The van der Waals surface area contributed by atoms with Crippen molar-refractivity contribution in [3.05, 3.63) is 40.6 Å². The van der Waals surface area contributed by atoms with Crippen LogP contribution in [0.3, 0.4) is 0 Å². The van der Waals surface area contributed by atoms with Crippen LogP contribution >= 0.6 is 23.2 Å². The summed E-state index contributed by atoms with van der Waals surface area (Å²) in [4.78, 5) is 10.8. The minimum absolute atomic E-state index is 0.0403. The Bertz CT molecular complexity index is 388. The van der Waals surface area contributed by atoms with Gasteiger partial charge in [-0.1, -0.05) is 29.8 Å². The molecule has 1 rings (SSSR count). The van der Waals surface area contributed by atoms with Gasteiger partial charge in [0.15, 0.2) is 5.75 Å². The Morgan fingerprint density at radius 1 is 1.50 bits per heavy atom. The number of halogens is 2. The van der Waals surface area contributed by atoms with Crippen molar-refractivity contribution in [2.75, 3.05) is 0 Å². The first-order valence-corrected chi connectivity index (χ1v) is 4.31. The van der Waals surface area contributed by atoms with Gasteiger partial charge >= 0.3 is 5.97 Å². The van der Waals surface area contributed by atoms with Crippen LogP contribution in [0.1, 0.15) is 10.4 Å². The summed E-state index contributed by atoms with van der Waals surface area (Å²) in [5, 5.41) is 9.18. The molecule has 0 aliphatic carbocycles. The molecule has 3 nitrogen and oxygen atoms in total. The number of carboxylic acid groups (broad SMARTS) is 1. The van der Waals surface area contributed by atoms with E-state index in [1.165, 1.54) is 12.1 Å². The lowest BCUT2D eigenvalue weighted by Gasteiger charge is -2.07. The van der Waals surface area contributed by atoms with Gasteiger partial charge in [0.25, 0.3) is 0 Å². The highest BCUT2D eigenvalue weighted by atomic mass is 35.5. The summed E-state index contributed by atoms with van der Waals surface area (Å²) >= 11 is 11.4. The molecule has 14 heavy (non-hydrogen) atoms. The molecule has 0 aliphatic rings. The molecule has 0 bridgehead atoms. The molecule has 0 fully saturated rings. The quantitative estimate of drug-likeness (QED) is 0.815. The molecule has 1 aromatic rings. The van der Waals surface area contributed by atoms with Crippen LogP contribution in [-0.4, -0.2) is 11.1 Å². The molecule has 0 aliphatic heterocycles. The fourth-order valence-corrected chi connectivity index (χ4v) is 1.46. The maximum atomic E-state index is 10.8. The van der Waals surface area contributed by atoms with Crippen molar-refractivity contribution in [2.45, 2.75) is 0 Å². The van der Waals surface area contributed by atoms with E-state index in [2.05, 4.69) is 6.58 Å². The van der Waals surface area contributed by atoms with Crippen LogP contribution in [0, 0.1) is 0 Å². The predicted molar refractivity (Wildman–Crippen MR) is 54.2 cm³/mol. The minimum atomic E-state index is -1.16. The first-order valence-electron chi connectivity index (χ1n) is 3.56. The Hall–Kier alpha value is -1.19. The minimum Gasteiger partial charge on any atom is -0.478 e. The van der Waals surface area contributed by atoms with Crippen molar-refractivity contribution in [3.63, 3.8) is 0 Å². The molecule has 74 valence electrons. The lowest BCUT2D eigenvalue weighted by molar-refractivity contribution is 0.0694. The Morgan fingerprint density at radius 2 is 2.14 bits per heavy atom. The van der Waals surface area contributed by atoms with Gasteiger partial charge in [-0.25, -0.2) is 4.79 Å². The zero-order valence-corrected chi connectivity index (χ0v) is 8.47. The fourth-order valence-electron chi connectivity index (χ4n) is 0.922. The standard InChI is InChI=1S/C9H6Cl2O3/c1-2-14-8-6(9(12)13)3-5(10)4-7(8)11/h2-4H,1H2,(H,12,13). The van der Waals surface area contributed by atoms with Gasteiger partial charge in [0.2, 0.25) is 0 Å². The number of carbonyl (C=O) groups is 1. The lowest BCUT2D eigenvalue weighted by atomic mass is 10.2. The second kappa shape index (κ2) is 4.35. The van der Waals surface area contributed by atoms with E-state index >= 15 is 0 Å². The van der Waals surface area contributed by atoms with Crippen LogP contribution in [0.2, 0.25) is 10.0 Å². The summed E-state index contributed by atoms with van der Waals surface area (Å²) in [7, 11) is 0. The van der Waals surface area contributed by atoms with Gasteiger partial charge in [-0.05, 0) is 12.1 Å². The summed E-state index contributed by atoms with van der Waals surface area (Å²) in [6, 6.07) is 2.66. The SMILES string of the molecule is C=COc1c(Cl)cc(Cl)cc1C(=O)O. The maximum absolute atomic E-state index is 10.8. The molecule has 0 amide bonds. The van der Waals surface area contributed by atoms with Crippen LogP contribution in [0.4, 0.5) is 0 Å². The molecular formula is C9H6Cl2O3. The third-order valence-electron chi connectivity index (χ3n) is 1.44. The fraction of sp³-hybridized carbons (Fsp3) is 0. The summed E-state index contributed by atoms with van der Waals surface area (Å²) in [6.45, 7) is 3.31. The molecular weight excluding hydrogens is 227 g/mol. The second-order valence-corrected chi connectivity index (χ2v) is 3.20. The van der Waals surface area contributed by atoms with Gasteiger partial charge in [-0.3, -0.25) is 0 Å². The van der Waals surface area contributed by atoms with E-state index in [1.54, 1.807) is 0 Å². The predicted octanol–water partition coefficient (Wildman–Crippen LogP) is 3.21. The van der Waals surface area contributed by atoms with E-state index in [4.69, 9.17) is 33.0 Å². The van der Waals surface area contributed by atoms with Gasteiger partial charge in [0.05, 0.1) is 11.3 Å². The van der Waals surface area contributed by atoms with Crippen LogP contribution in [0.25, 0.3) is 0 Å². The Morgan fingerprint density at radius 3 is 2.64 bits per heavy atom. The molecule has 0 saturated carbocycles. The van der Waals surface area contributed by atoms with Gasteiger partial charge in [0, 0.05) is 5.02 Å². The number of hydrogen-bond acceptors (Lipinski definition) is 2. The van der Waals surface area contributed by atoms with Crippen molar-refractivity contribution in [3.8, 4) is 5.75 Å².